The summed E-state index contributed by atoms with van der Waals surface area (Å²) in [4.78, 5) is 19.6. The molecule has 0 amide bonds. The van der Waals surface area contributed by atoms with Gasteiger partial charge in [-0.05, 0) is 11.6 Å². The summed E-state index contributed by atoms with van der Waals surface area (Å²) < 4.78 is 4.59. The van der Waals surface area contributed by atoms with Crippen molar-refractivity contribution in [2.75, 3.05) is 7.11 Å². The maximum atomic E-state index is 11.3. The summed E-state index contributed by atoms with van der Waals surface area (Å²) in [6.07, 6.45) is 2.93. The average molecular weight is 307 g/mol. The lowest BCUT2D eigenvalue weighted by atomic mass is 10.1. The van der Waals surface area contributed by atoms with Gasteiger partial charge in [0.2, 0.25) is 0 Å². The van der Waals surface area contributed by atoms with E-state index in [2.05, 4.69) is 30.6 Å². The Hall–Kier alpha value is -1.75. The third-order valence-corrected chi connectivity index (χ3v) is 3.06. The van der Waals surface area contributed by atoms with Gasteiger partial charge in [0.15, 0.2) is 5.82 Å². The molecule has 0 unspecified atom stereocenters. The molecule has 0 bridgehead atoms. The first-order valence-corrected chi connectivity index (χ1v) is 6.42. The van der Waals surface area contributed by atoms with Crippen LogP contribution in [0.2, 0.25) is 0 Å². The van der Waals surface area contributed by atoms with Gasteiger partial charge >= 0.3 is 5.97 Å². The maximum absolute atomic E-state index is 11.3. The highest BCUT2D eigenvalue weighted by atomic mass is 79.9. The fraction of sp³-hybridized carbons (Fsp3) is 0.154. The normalized spacial score (nSPS) is 10.1. The van der Waals surface area contributed by atoms with E-state index in [-0.39, 0.29) is 0 Å². The van der Waals surface area contributed by atoms with E-state index >= 15 is 0 Å². The fourth-order valence-electron chi connectivity index (χ4n) is 1.49. The van der Waals surface area contributed by atoms with Crippen molar-refractivity contribution in [1.29, 1.82) is 0 Å². The van der Waals surface area contributed by atoms with Crippen LogP contribution in [-0.4, -0.2) is 23.0 Å². The molecule has 1 heterocycles. The van der Waals surface area contributed by atoms with Gasteiger partial charge in [-0.25, -0.2) is 14.8 Å². The predicted molar refractivity (Wildman–Crippen MR) is 71.4 cm³/mol. The van der Waals surface area contributed by atoms with Crippen LogP contribution in [0.3, 0.4) is 0 Å². The van der Waals surface area contributed by atoms with E-state index in [0.29, 0.717) is 11.4 Å². The second kappa shape index (κ2) is 5.73. The largest absolute Gasteiger partial charge is 0.465 e. The molecule has 1 aromatic heterocycles. The van der Waals surface area contributed by atoms with E-state index in [0.717, 1.165) is 16.5 Å². The van der Waals surface area contributed by atoms with Crippen molar-refractivity contribution in [3.05, 3.63) is 47.8 Å². The Kier molecular flexibility index (Phi) is 4.04. The van der Waals surface area contributed by atoms with E-state index < -0.39 is 5.97 Å². The van der Waals surface area contributed by atoms with Crippen molar-refractivity contribution in [1.82, 2.24) is 9.97 Å². The Morgan fingerprint density at radius 3 is 2.67 bits per heavy atom. The van der Waals surface area contributed by atoms with Crippen LogP contribution in [0.25, 0.3) is 11.4 Å². The number of benzene rings is 1. The van der Waals surface area contributed by atoms with Crippen molar-refractivity contribution in [3.63, 3.8) is 0 Å². The highest BCUT2D eigenvalue weighted by molar-refractivity contribution is 9.08. The first-order valence-electron chi connectivity index (χ1n) is 5.30. The molecule has 2 aromatic rings. The Balaban J connectivity index is 2.31. The number of nitrogens with zero attached hydrogens (tertiary/aromatic N) is 2. The smallest absolute Gasteiger partial charge is 0.341 e. The van der Waals surface area contributed by atoms with Crippen molar-refractivity contribution in [3.8, 4) is 11.4 Å². The molecule has 1 aromatic carbocycles. The van der Waals surface area contributed by atoms with Gasteiger partial charge < -0.3 is 4.74 Å². The van der Waals surface area contributed by atoms with E-state index in [1.807, 2.05) is 24.3 Å². The Morgan fingerprint density at radius 2 is 2.06 bits per heavy atom. The molecule has 0 aliphatic heterocycles. The number of carbonyl (C=O) groups excluding carboxylic acids is 1. The molecule has 0 fully saturated rings. The van der Waals surface area contributed by atoms with Gasteiger partial charge in [0.25, 0.3) is 0 Å². The molecule has 4 nitrogen and oxygen atoms in total. The monoisotopic (exact) mass is 306 g/mol. The third-order valence-electron chi connectivity index (χ3n) is 2.41. The zero-order valence-electron chi connectivity index (χ0n) is 9.76. The number of rotatable bonds is 3. The third kappa shape index (κ3) is 2.73. The van der Waals surface area contributed by atoms with Gasteiger partial charge in [0, 0.05) is 23.3 Å². The Morgan fingerprint density at radius 1 is 1.33 bits per heavy atom. The van der Waals surface area contributed by atoms with Crippen LogP contribution < -0.4 is 0 Å². The van der Waals surface area contributed by atoms with Crippen LogP contribution >= 0.6 is 15.9 Å². The Bertz CT molecular complexity index is 555. The molecule has 0 aliphatic rings. The molecule has 0 saturated heterocycles. The minimum atomic E-state index is -0.434. The lowest BCUT2D eigenvalue weighted by Crippen LogP contribution is -2.03. The highest BCUT2D eigenvalue weighted by Gasteiger charge is 2.07. The topological polar surface area (TPSA) is 52.1 Å². The quantitative estimate of drug-likeness (QED) is 0.646. The fourth-order valence-corrected chi connectivity index (χ4v) is 1.84. The van der Waals surface area contributed by atoms with Crippen LogP contribution in [0.15, 0.2) is 36.7 Å². The zero-order chi connectivity index (χ0) is 13.0. The van der Waals surface area contributed by atoms with Crippen molar-refractivity contribution >= 4 is 21.9 Å². The van der Waals surface area contributed by atoms with Crippen LogP contribution in [-0.2, 0) is 10.1 Å². The van der Waals surface area contributed by atoms with Crippen molar-refractivity contribution < 1.29 is 9.53 Å². The average Bonchev–Trinajstić information content (AvgIpc) is 2.46. The second-order valence-corrected chi connectivity index (χ2v) is 4.18. The SMILES string of the molecule is COC(=O)c1cnc(-c2cccc(CBr)c2)nc1. The lowest BCUT2D eigenvalue weighted by Gasteiger charge is -2.03. The molecule has 0 saturated carbocycles. The number of esters is 1. The van der Waals surface area contributed by atoms with Gasteiger partial charge in [0.05, 0.1) is 12.7 Å². The molecule has 92 valence electrons. The number of carbonyl (C=O) groups is 1. The van der Waals surface area contributed by atoms with Crippen LogP contribution in [0.4, 0.5) is 0 Å². The summed E-state index contributed by atoms with van der Waals surface area (Å²) >= 11 is 3.40. The summed E-state index contributed by atoms with van der Waals surface area (Å²) in [5.41, 5.74) is 2.41. The molecule has 5 heteroatoms. The number of hydrogen-bond donors (Lipinski definition) is 0. The lowest BCUT2D eigenvalue weighted by molar-refractivity contribution is 0.0600. The van der Waals surface area contributed by atoms with Crippen LogP contribution in [0.1, 0.15) is 15.9 Å². The van der Waals surface area contributed by atoms with E-state index in [4.69, 9.17) is 0 Å². The first-order chi connectivity index (χ1) is 8.74. The first kappa shape index (κ1) is 12.7. The second-order valence-electron chi connectivity index (χ2n) is 3.62. The summed E-state index contributed by atoms with van der Waals surface area (Å²) in [6, 6.07) is 7.89. The number of aromatic nitrogens is 2. The van der Waals surface area contributed by atoms with E-state index in [1.165, 1.54) is 19.5 Å². The summed E-state index contributed by atoms with van der Waals surface area (Å²) in [5.74, 6) is 0.154. The zero-order valence-corrected chi connectivity index (χ0v) is 11.3. The van der Waals surface area contributed by atoms with Crippen molar-refractivity contribution in [2.45, 2.75) is 5.33 Å². The molecular formula is C13H11BrN2O2. The van der Waals surface area contributed by atoms with E-state index in [9.17, 15) is 4.79 Å². The van der Waals surface area contributed by atoms with Crippen molar-refractivity contribution in [2.24, 2.45) is 0 Å². The van der Waals surface area contributed by atoms with Gasteiger partial charge in [-0.3, -0.25) is 0 Å². The molecule has 2 rings (SSSR count). The highest BCUT2D eigenvalue weighted by Crippen LogP contribution is 2.17. The predicted octanol–water partition coefficient (Wildman–Crippen LogP) is 2.83. The van der Waals surface area contributed by atoms with E-state index in [1.54, 1.807) is 0 Å². The van der Waals surface area contributed by atoms with Gasteiger partial charge in [0.1, 0.15) is 0 Å². The summed E-state index contributed by atoms with van der Waals surface area (Å²) in [5, 5.41) is 0.779. The number of ether oxygens (including phenoxy) is 1. The molecule has 0 N–H and O–H groups in total. The number of halogens is 1. The minimum absolute atomic E-state index is 0.345. The minimum Gasteiger partial charge on any atom is -0.465 e. The van der Waals surface area contributed by atoms with Crippen LogP contribution in [0, 0.1) is 0 Å². The summed E-state index contributed by atoms with van der Waals surface area (Å²) in [6.45, 7) is 0. The number of hydrogen-bond acceptors (Lipinski definition) is 4. The maximum Gasteiger partial charge on any atom is 0.341 e. The van der Waals surface area contributed by atoms with Gasteiger partial charge in [-0.15, -0.1) is 0 Å². The molecule has 0 radical (unpaired) electrons. The number of alkyl halides is 1. The molecule has 18 heavy (non-hydrogen) atoms. The molecule has 0 spiro atoms. The molecule has 0 aliphatic carbocycles. The summed E-state index contributed by atoms with van der Waals surface area (Å²) in [7, 11) is 1.33. The number of methoxy groups -OCH3 is 1. The van der Waals surface area contributed by atoms with Gasteiger partial charge in [-0.2, -0.15) is 0 Å². The molecular weight excluding hydrogens is 296 g/mol. The molecule has 0 atom stereocenters. The Labute approximate surface area is 113 Å². The van der Waals surface area contributed by atoms with Gasteiger partial charge in [-0.1, -0.05) is 34.1 Å². The standard InChI is InChI=1S/C13H11BrN2O2/c1-18-13(17)11-7-15-12(16-8-11)10-4-2-3-9(5-10)6-14/h2-5,7-8H,6H2,1H3. The van der Waals surface area contributed by atoms with Crippen LogP contribution in [0.5, 0.6) is 0 Å².